The first-order chi connectivity index (χ1) is 6.39. The van der Waals surface area contributed by atoms with Crippen LogP contribution in [-0.4, -0.2) is 33.4 Å². The molecule has 1 unspecified atom stereocenters. The molecule has 84 valence electrons. The molecule has 0 aromatic heterocycles. The fourth-order valence-electron chi connectivity index (χ4n) is 1.20. The first kappa shape index (κ1) is 13.7. The third-order valence-corrected chi connectivity index (χ3v) is 4.73. The Morgan fingerprint density at radius 3 is 2.21 bits per heavy atom. The Morgan fingerprint density at radius 2 is 1.86 bits per heavy atom. The molecule has 0 aromatic rings. The molecule has 5 nitrogen and oxygen atoms in total. The Kier molecular flexibility index (Phi) is 6.16. The van der Waals surface area contributed by atoms with Gasteiger partial charge in [-0.3, -0.25) is 0 Å². The van der Waals surface area contributed by atoms with Gasteiger partial charge in [0.25, 0.3) is 0 Å². The van der Waals surface area contributed by atoms with Crippen molar-refractivity contribution >= 4 is 20.1 Å². The number of hydrogen-bond acceptors (Lipinski definition) is 2. The van der Waals surface area contributed by atoms with Crippen LogP contribution in [0.1, 0.15) is 39.0 Å². The molecule has 0 heterocycles. The summed E-state index contributed by atoms with van der Waals surface area (Å²) in [7, 11) is 0. The number of rotatable bonds is 7. The quantitative estimate of drug-likeness (QED) is 0.468. The van der Waals surface area contributed by atoms with Crippen molar-refractivity contribution < 1.29 is 21.8 Å². The molecule has 0 aromatic carbocycles. The topological polar surface area (TPSA) is 94.8 Å². The molecule has 0 radical (unpaired) electrons. The first-order valence-electron chi connectivity index (χ1n) is 4.67. The van der Waals surface area contributed by atoms with Crippen molar-refractivity contribution in [2.45, 2.75) is 43.7 Å². The van der Waals surface area contributed by atoms with Crippen molar-refractivity contribution in [2.24, 2.45) is 0 Å². The van der Waals surface area contributed by atoms with E-state index >= 15 is 0 Å². The maximum atomic E-state index is 10.8. The zero-order valence-corrected chi connectivity index (χ0v) is 10.1. The maximum absolute atomic E-state index is 10.8. The summed E-state index contributed by atoms with van der Waals surface area (Å²) >= 11 is -5.09. The molecule has 0 aliphatic rings. The van der Waals surface area contributed by atoms with E-state index in [4.69, 9.17) is 13.3 Å². The van der Waals surface area contributed by atoms with E-state index in [1.807, 2.05) is 6.92 Å². The van der Waals surface area contributed by atoms with Gasteiger partial charge in [-0.25, -0.2) is 0 Å². The van der Waals surface area contributed by atoms with Gasteiger partial charge in [0, 0.05) is 0 Å². The molecule has 14 heavy (non-hydrogen) atoms. The normalized spacial score (nSPS) is 13.9. The molecule has 1 atom stereocenters. The molecule has 0 spiro atoms. The van der Waals surface area contributed by atoms with Crippen LogP contribution >= 0.6 is 0 Å². The second kappa shape index (κ2) is 6.27. The van der Waals surface area contributed by atoms with Crippen molar-refractivity contribution in [2.75, 3.05) is 0 Å². The zero-order chi connectivity index (χ0) is 11.2. The van der Waals surface area contributed by atoms with Crippen LogP contribution in [-0.2, 0) is 8.53 Å². The van der Waals surface area contributed by atoms with Gasteiger partial charge >= 0.3 is 85.7 Å². The molecule has 0 saturated carbocycles. The van der Waals surface area contributed by atoms with Crippen LogP contribution in [0.5, 0.6) is 0 Å². The molecule has 0 fully saturated rings. The number of carboxylic acid groups (broad SMARTS) is 1. The summed E-state index contributed by atoms with van der Waals surface area (Å²) in [6, 6.07) is 0. The van der Waals surface area contributed by atoms with Crippen LogP contribution in [0.2, 0.25) is 4.71 Å². The monoisotopic (exact) mass is 268 g/mol. The third-order valence-electron chi connectivity index (χ3n) is 2.02. The van der Waals surface area contributed by atoms with Gasteiger partial charge in [0.15, 0.2) is 0 Å². The Morgan fingerprint density at radius 1 is 1.29 bits per heavy atom. The summed E-state index contributed by atoms with van der Waals surface area (Å²) < 4.78 is 26.9. The Labute approximate surface area is 86.1 Å². The van der Waals surface area contributed by atoms with Gasteiger partial charge < -0.3 is 0 Å². The average molecular weight is 268 g/mol. The number of hydrogen-bond donors (Lipinski definition) is 3. The number of carbonyl (C=O) groups is 1. The molecule has 0 saturated heterocycles. The predicted octanol–water partition coefficient (Wildman–Crippen LogP) is 0.766. The Hall–Kier alpha value is -0.252. The van der Waals surface area contributed by atoms with Crippen molar-refractivity contribution in [1.29, 1.82) is 0 Å². The second-order valence-electron chi connectivity index (χ2n) is 3.29. The number of carboxylic acids is 1. The van der Waals surface area contributed by atoms with Crippen LogP contribution in [0.4, 0.5) is 0 Å². The average Bonchev–Trinajstić information content (AvgIpc) is 2.01. The van der Waals surface area contributed by atoms with Gasteiger partial charge in [0.2, 0.25) is 0 Å². The van der Waals surface area contributed by atoms with E-state index in [9.17, 15) is 8.53 Å². The molecular formula is C8H17AsO5. The zero-order valence-electron chi connectivity index (χ0n) is 8.22. The van der Waals surface area contributed by atoms with Gasteiger partial charge in [0.05, 0.1) is 0 Å². The molecule has 6 heteroatoms. The van der Waals surface area contributed by atoms with E-state index in [1.165, 1.54) is 0 Å². The van der Waals surface area contributed by atoms with Crippen LogP contribution in [0.25, 0.3) is 0 Å². The summed E-state index contributed by atoms with van der Waals surface area (Å²) in [4.78, 5) is 10.5. The van der Waals surface area contributed by atoms with E-state index in [2.05, 4.69) is 0 Å². The van der Waals surface area contributed by atoms with Crippen LogP contribution in [0, 0.1) is 0 Å². The molecule has 0 amide bonds. The first-order valence-corrected chi connectivity index (χ1v) is 8.20. The van der Waals surface area contributed by atoms with Crippen LogP contribution in [0.3, 0.4) is 0 Å². The minimum absolute atomic E-state index is 0.0822. The summed E-state index contributed by atoms with van der Waals surface area (Å²) in [6.07, 6.45) is 3.46. The van der Waals surface area contributed by atoms with Gasteiger partial charge in [0.1, 0.15) is 0 Å². The number of aliphatic carboxylic acids is 1. The van der Waals surface area contributed by atoms with E-state index in [-0.39, 0.29) is 6.42 Å². The Balaban J connectivity index is 4.01. The second-order valence-corrected chi connectivity index (χ2v) is 7.07. The standard InChI is InChI=1S/C8H17AsO5/c1-2-3-4-5-6-7(8(10)11)9(12,13)14/h7H,2-6H2,1H3,(H,10,11)(H2,12,13,14). The van der Waals surface area contributed by atoms with Gasteiger partial charge in [-0.05, 0) is 0 Å². The van der Waals surface area contributed by atoms with Crippen molar-refractivity contribution in [3.05, 3.63) is 0 Å². The SMILES string of the molecule is CCCCCCC(C(=O)O)[As](=O)(O)O. The van der Waals surface area contributed by atoms with Crippen LogP contribution < -0.4 is 0 Å². The van der Waals surface area contributed by atoms with E-state index in [0.29, 0.717) is 6.42 Å². The van der Waals surface area contributed by atoms with E-state index in [0.717, 1.165) is 19.3 Å². The minimum atomic E-state index is -5.09. The molecule has 0 aliphatic carbocycles. The molecule has 0 rings (SSSR count). The fourth-order valence-corrected chi connectivity index (χ4v) is 2.89. The van der Waals surface area contributed by atoms with Crippen molar-refractivity contribution in [3.8, 4) is 0 Å². The fraction of sp³-hybridized carbons (Fsp3) is 0.875. The molecule has 0 aliphatic heterocycles. The van der Waals surface area contributed by atoms with Gasteiger partial charge in [-0.1, -0.05) is 0 Å². The van der Waals surface area contributed by atoms with E-state index < -0.39 is 24.8 Å². The van der Waals surface area contributed by atoms with Crippen molar-refractivity contribution in [3.63, 3.8) is 0 Å². The number of unbranched alkanes of at least 4 members (excludes halogenated alkanes) is 3. The van der Waals surface area contributed by atoms with Gasteiger partial charge in [-0.15, -0.1) is 0 Å². The molecule has 3 N–H and O–H groups in total. The summed E-state index contributed by atoms with van der Waals surface area (Å²) in [6.45, 7) is 2.02. The van der Waals surface area contributed by atoms with Crippen molar-refractivity contribution in [1.82, 2.24) is 0 Å². The third kappa shape index (κ3) is 5.47. The summed E-state index contributed by atoms with van der Waals surface area (Å²) in [5, 5.41) is 8.59. The summed E-state index contributed by atoms with van der Waals surface area (Å²) in [5.74, 6) is -1.38. The van der Waals surface area contributed by atoms with Crippen LogP contribution in [0.15, 0.2) is 0 Å². The van der Waals surface area contributed by atoms with Gasteiger partial charge in [-0.2, -0.15) is 0 Å². The summed E-state index contributed by atoms with van der Waals surface area (Å²) in [5.41, 5.74) is 0. The predicted molar refractivity (Wildman–Crippen MR) is 51.0 cm³/mol. The Bertz CT molecular complexity index is 222. The molecule has 0 bridgehead atoms. The molecular weight excluding hydrogens is 251 g/mol. The van der Waals surface area contributed by atoms with E-state index in [1.54, 1.807) is 0 Å².